The lowest BCUT2D eigenvalue weighted by Gasteiger charge is -2.18. The molecule has 1 unspecified atom stereocenters. The largest absolute Gasteiger partial charge is 0.314 e. The first-order valence-corrected chi connectivity index (χ1v) is 8.55. The molecule has 1 nitrogen and oxygen atoms in total. The Kier molecular flexibility index (Phi) is 6.18. The molecule has 1 aliphatic rings. The summed E-state index contributed by atoms with van der Waals surface area (Å²) in [7, 11) is 0. The molecule has 1 atom stereocenters. The summed E-state index contributed by atoms with van der Waals surface area (Å²) < 4.78 is 1.06. The van der Waals surface area contributed by atoms with E-state index in [9.17, 15) is 0 Å². The van der Waals surface area contributed by atoms with E-state index in [1.807, 2.05) is 6.07 Å². The molecule has 1 aromatic carbocycles. The van der Waals surface area contributed by atoms with Crippen molar-refractivity contribution >= 4 is 27.5 Å². The van der Waals surface area contributed by atoms with Gasteiger partial charge in [0.15, 0.2) is 0 Å². The van der Waals surface area contributed by atoms with Crippen LogP contribution in [0.5, 0.6) is 0 Å². The zero-order chi connectivity index (χ0) is 13.7. The molecule has 0 aromatic heterocycles. The average Bonchev–Trinajstić information content (AvgIpc) is 3.20. The number of aryl methyl sites for hydroxylation is 1. The molecule has 1 saturated carbocycles. The topological polar surface area (TPSA) is 12.0 Å². The van der Waals surface area contributed by atoms with Crippen molar-refractivity contribution in [3.63, 3.8) is 0 Å². The Morgan fingerprint density at radius 2 is 2.21 bits per heavy atom. The van der Waals surface area contributed by atoms with Crippen LogP contribution in [0.3, 0.4) is 0 Å². The summed E-state index contributed by atoms with van der Waals surface area (Å²) >= 11 is 9.71. The summed E-state index contributed by atoms with van der Waals surface area (Å²) in [5, 5.41) is 4.59. The van der Waals surface area contributed by atoms with Crippen LogP contribution in [0.25, 0.3) is 0 Å². The Labute approximate surface area is 130 Å². The van der Waals surface area contributed by atoms with Crippen molar-refractivity contribution in [1.82, 2.24) is 5.32 Å². The molecule has 1 aliphatic carbocycles. The molecule has 106 valence electrons. The van der Waals surface area contributed by atoms with Crippen LogP contribution in [0.1, 0.15) is 44.6 Å². The zero-order valence-electron chi connectivity index (χ0n) is 11.6. The van der Waals surface area contributed by atoms with E-state index in [0.717, 1.165) is 34.4 Å². The normalized spacial score (nSPS) is 16.6. The first-order valence-electron chi connectivity index (χ1n) is 7.38. The quantitative estimate of drug-likeness (QED) is 0.683. The van der Waals surface area contributed by atoms with Gasteiger partial charge in [0, 0.05) is 15.5 Å². The fourth-order valence-corrected chi connectivity index (χ4v) is 3.34. The van der Waals surface area contributed by atoms with Crippen molar-refractivity contribution in [2.45, 2.75) is 51.5 Å². The maximum absolute atomic E-state index is 6.26. The van der Waals surface area contributed by atoms with E-state index in [2.05, 4.69) is 40.3 Å². The van der Waals surface area contributed by atoms with E-state index < -0.39 is 0 Å². The van der Waals surface area contributed by atoms with Gasteiger partial charge in [-0.1, -0.05) is 40.5 Å². The van der Waals surface area contributed by atoms with Crippen LogP contribution in [0.4, 0.5) is 0 Å². The van der Waals surface area contributed by atoms with Gasteiger partial charge >= 0.3 is 0 Å². The van der Waals surface area contributed by atoms with Gasteiger partial charge in [-0.3, -0.25) is 0 Å². The van der Waals surface area contributed by atoms with Gasteiger partial charge in [-0.25, -0.2) is 0 Å². The maximum atomic E-state index is 6.26. The number of nitrogens with one attached hydrogen (secondary N) is 1. The molecule has 0 bridgehead atoms. The Morgan fingerprint density at radius 3 is 2.84 bits per heavy atom. The average molecular weight is 345 g/mol. The summed E-state index contributed by atoms with van der Waals surface area (Å²) in [6.45, 7) is 3.39. The third-order valence-electron chi connectivity index (χ3n) is 3.82. The van der Waals surface area contributed by atoms with E-state index in [-0.39, 0.29) is 0 Å². The highest BCUT2D eigenvalue weighted by Gasteiger charge is 2.30. The van der Waals surface area contributed by atoms with E-state index in [0.29, 0.717) is 0 Å². The molecule has 2 rings (SSSR count). The number of hydrogen-bond donors (Lipinski definition) is 1. The number of rotatable bonds is 8. The molecule has 1 fully saturated rings. The molecular weight excluding hydrogens is 322 g/mol. The fraction of sp³-hybridized carbons (Fsp3) is 0.625. The van der Waals surface area contributed by atoms with Crippen LogP contribution in [-0.4, -0.2) is 12.6 Å². The molecule has 3 heteroatoms. The van der Waals surface area contributed by atoms with Crippen molar-refractivity contribution in [2.75, 3.05) is 6.54 Å². The molecule has 0 heterocycles. The molecular formula is C16H23BrClN. The van der Waals surface area contributed by atoms with Gasteiger partial charge in [0.1, 0.15) is 0 Å². The monoisotopic (exact) mass is 343 g/mol. The lowest BCUT2D eigenvalue weighted by Crippen LogP contribution is -2.31. The zero-order valence-corrected chi connectivity index (χ0v) is 13.9. The van der Waals surface area contributed by atoms with Gasteiger partial charge < -0.3 is 5.32 Å². The minimum atomic E-state index is 0.731. The highest BCUT2D eigenvalue weighted by molar-refractivity contribution is 9.10. The van der Waals surface area contributed by atoms with Crippen LogP contribution >= 0.6 is 27.5 Å². The standard InChI is InChI=1S/C16H23BrClN/c1-2-10-19-16(13-6-7-13)5-3-4-12-8-9-14(17)11-15(12)18/h8-9,11,13,16,19H,2-7,10H2,1H3. The van der Waals surface area contributed by atoms with E-state index in [1.165, 1.54) is 37.7 Å². The molecule has 1 N–H and O–H groups in total. The second-order valence-electron chi connectivity index (χ2n) is 5.53. The SMILES string of the molecule is CCCNC(CCCc1ccc(Br)cc1Cl)C1CC1. The Bertz CT molecular complexity index is 404. The van der Waals surface area contributed by atoms with Crippen LogP contribution in [-0.2, 0) is 6.42 Å². The molecule has 0 saturated heterocycles. The van der Waals surface area contributed by atoms with Gasteiger partial charge in [-0.15, -0.1) is 0 Å². The minimum Gasteiger partial charge on any atom is -0.314 e. The molecule has 19 heavy (non-hydrogen) atoms. The third kappa shape index (κ3) is 5.09. The van der Waals surface area contributed by atoms with Crippen LogP contribution in [0.15, 0.2) is 22.7 Å². The number of halogens is 2. The fourth-order valence-electron chi connectivity index (χ4n) is 2.57. The maximum Gasteiger partial charge on any atom is 0.0449 e. The van der Waals surface area contributed by atoms with Crippen molar-refractivity contribution in [3.05, 3.63) is 33.3 Å². The van der Waals surface area contributed by atoms with Gasteiger partial charge in [0.05, 0.1) is 0 Å². The summed E-state index contributed by atoms with van der Waals surface area (Å²) in [6.07, 6.45) is 7.64. The van der Waals surface area contributed by atoms with Crippen molar-refractivity contribution in [3.8, 4) is 0 Å². The first-order chi connectivity index (χ1) is 9.20. The summed E-state index contributed by atoms with van der Waals surface area (Å²) in [5.41, 5.74) is 1.27. The summed E-state index contributed by atoms with van der Waals surface area (Å²) in [6, 6.07) is 6.94. The Balaban J connectivity index is 1.77. The third-order valence-corrected chi connectivity index (χ3v) is 4.67. The lowest BCUT2D eigenvalue weighted by atomic mass is 10.0. The second kappa shape index (κ2) is 7.66. The van der Waals surface area contributed by atoms with E-state index in [1.54, 1.807) is 0 Å². The molecule has 0 spiro atoms. The predicted molar refractivity (Wildman–Crippen MR) is 86.9 cm³/mol. The van der Waals surface area contributed by atoms with Crippen LogP contribution in [0, 0.1) is 5.92 Å². The van der Waals surface area contributed by atoms with Crippen LogP contribution < -0.4 is 5.32 Å². The number of benzene rings is 1. The smallest absolute Gasteiger partial charge is 0.0449 e. The molecule has 0 amide bonds. The van der Waals surface area contributed by atoms with Crippen molar-refractivity contribution in [2.24, 2.45) is 5.92 Å². The highest BCUT2D eigenvalue weighted by Crippen LogP contribution is 2.35. The summed E-state index contributed by atoms with van der Waals surface area (Å²) in [4.78, 5) is 0. The first kappa shape index (κ1) is 15.3. The van der Waals surface area contributed by atoms with Gasteiger partial charge in [-0.2, -0.15) is 0 Å². The molecule has 0 radical (unpaired) electrons. The van der Waals surface area contributed by atoms with E-state index >= 15 is 0 Å². The molecule has 1 aromatic rings. The second-order valence-corrected chi connectivity index (χ2v) is 6.85. The van der Waals surface area contributed by atoms with Gasteiger partial charge in [-0.05, 0) is 68.7 Å². The molecule has 0 aliphatic heterocycles. The van der Waals surface area contributed by atoms with E-state index in [4.69, 9.17) is 11.6 Å². The summed E-state index contributed by atoms with van der Waals surface area (Å²) in [5.74, 6) is 0.937. The lowest BCUT2D eigenvalue weighted by molar-refractivity contribution is 0.425. The van der Waals surface area contributed by atoms with Crippen LogP contribution in [0.2, 0.25) is 5.02 Å². The number of hydrogen-bond acceptors (Lipinski definition) is 1. The van der Waals surface area contributed by atoms with Gasteiger partial charge in [0.25, 0.3) is 0 Å². The Hall–Kier alpha value is -0.0500. The van der Waals surface area contributed by atoms with Crippen molar-refractivity contribution < 1.29 is 0 Å². The predicted octanol–water partition coefficient (Wildman–Crippen LogP) is 5.20. The van der Waals surface area contributed by atoms with Gasteiger partial charge in [0.2, 0.25) is 0 Å². The minimum absolute atomic E-state index is 0.731. The van der Waals surface area contributed by atoms with Crippen molar-refractivity contribution in [1.29, 1.82) is 0 Å². The highest BCUT2D eigenvalue weighted by atomic mass is 79.9. The Morgan fingerprint density at radius 1 is 1.42 bits per heavy atom.